The van der Waals surface area contributed by atoms with E-state index in [9.17, 15) is 48.3 Å². The molecule has 8 bridgehead atoms. The molecule has 0 saturated heterocycles. The largest absolute Gasteiger partial charge is 0.354 e. The Hall–Kier alpha value is -7.66. The number of hydrogen-bond acceptors (Lipinski definition) is 2. The number of benzene rings is 3. The lowest BCUT2D eigenvalue weighted by Gasteiger charge is -2.22. The zero-order chi connectivity index (χ0) is 49.3. The van der Waals surface area contributed by atoms with E-state index in [-0.39, 0.29) is 0 Å². The van der Waals surface area contributed by atoms with Crippen LogP contribution in [0, 0.1) is 87.3 Å². The Bertz CT molecular complexity index is 3450. The fourth-order valence-corrected chi connectivity index (χ4v) is 7.74. The zero-order valence-corrected chi connectivity index (χ0v) is 32.2. The van der Waals surface area contributed by atoms with Gasteiger partial charge in [0.2, 0.25) is 17.5 Å². The van der Waals surface area contributed by atoms with Crippen molar-refractivity contribution in [2.24, 2.45) is 0 Å². The minimum Gasteiger partial charge on any atom is -0.354 e. The molecule has 2 unspecified atom stereocenters. The fourth-order valence-electron chi connectivity index (χ4n) is 7.74. The van der Waals surface area contributed by atoms with Crippen LogP contribution in [0.15, 0.2) is 41.7 Å². The molecule has 24 heteroatoms. The minimum absolute atomic E-state index is 0.606. The van der Waals surface area contributed by atoms with Gasteiger partial charge in [0, 0.05) is 49.9 Å². The van der Waals surface area contributed by atoms with Crippen molar-refractivity contribution in [2.45, 2.75) is 12.3 Å². The summed E-state index contributed by atoms with van der Waals surface area (Å²) in [5.41, 5.74) is -20.1. The molecule has 68 heavy (non-hydrogen) atoms. The van der Waals surface area contributed by atoms with Gasteiger partial charge in [-0.25, -0.2) is 97.8 Å². The number of allylic oxidation sites excluding steroid dienone is 4. The van der Waals surface area contributed by atoms with Crippen molar-refractivity contribution < 1.29 is 87.8 Å². The minimum atomic E-state index is -3.63. The molecule has 3 aromatic carbocycles. The summed E-state index contributed by atoms with van der Waals surface area (Å²) < 4.78 is 303. The first-order valence-corrected chi connectivity index (χ1v) is 18.5. The Balaban J connectivity index is 1.58. The summed E-state index contributed by atoms with van der Waals surface area (Å²) in [6, 6.07) is 2.56. The van der Waals surface area contributed by atoms with Crippen molar-refractivity contribution in [2.75, 3.05) is 0 Å². The fraction of sp³-hybridized carbons (Fsp3) is 0.0455. The Morgan fingerprint density at radius 1 is 0.294 bits per heavy atom. The first-order chi connectivity index (χ1) is 32.1. The van der Waals surface area contributed by atoms with Crippen LogP contribution in [0.5, 0.6) is 0 Å². The Morgan fingerprint density at radius 2 is 0.544 bits per heavy atom. The highest BCUT2D eigenvalue weighted by Crippen LogP contribution is 2.47. The molecule has 2 N–H and O–H groups in total. The lowest BCUT2D eigenvalue weighted by Crippen LogP contribution is -2.25. The van der Waals surface area contributed by atoms with E-state index in [4.69, 9.17) is 0 Å². The molecular formula is C44H12F20N4. The molecule has 2 aliphatic heterocycles. The van der Waals surface area contributed by atoms with E-state index in [1.165, 1.54) is 0 Å². The summed E-state index contributed by atoms with van der Waals surface area (Å²) in [6.07, 6.45) is -4.71. The van der Waals surface area contributed by atoms with Crippen LogP contribution in [0.2, 0.25) is 0 Å². The number of fused-ring (bicyclic) bond motifs is 8. The van der Waals surface area contributed by atoms with Crippen molar-refractivity contribution in [1.29, 1.82) is 0 Å². The van der Waals surface area contributed by atoms with Gasteiger partial charge in [-0.1, -0.05) is 0 Å². The van der Waals surface area contributed by atoms with Gasteiger partial charge in [0.25, 0.3) is 0 Å². The molecule has 1 aliphatic carbocycles. The predicted octanol–water partition coefficient (Wildman–Crippen LogP) is 14.3. The van der Waals surface area contributed by atoms with E-state index in [1.54, 1.807) is 0 Å². The maximum atomic E-state index is 15.9. The highest BCUT2D eigenvalue weighted by molar-refractivity contribution is 6.00. The van der Waals surface area contributed by atoms with Gasteiger partial charge in [-0.05, 0) is 48.6 Å². The van der Waals surface area contributed by atoms with Gasteiger partial charge in [-0.3, -0.25) is 0 Å². The summed E-state index contributed by atoms with van der Waals surface area (Å²) in [6.45, 7) is 0. The highest BCUT2D eigenvalue weighted by Gasteiger charge is 2.42. The average Bonchev–Trinajstić information content (AvgIpc) is 4.18. The van der Waals surface area contributed by atoms with E-state index in [0.29, 0.717) is 48.6 Å². The topological polar surface area (TPSA) is 57.4 Å². The molecule has 6 aromatic rings. The summed E-state index contributed by atoms with van der Waals surface area (Å²) in [7, 11) is 0. The third kappa shape index (κ3) is 6.46. The second-order valence-corrected chi connectivity index (χ2v) is 14.5. The van der Waals surface area contributed by atoms with Crippen LogP contribution in [0.25, 0.3) is 85.3 Å². The molecule has 2 atom stereocenters. The molecule has 0 fully saturated rings. The van der Waals surface area contributed by atoms with Crippen LogP contribution in [0.1, 0.15) is 28.3 Å². The average molecular weight is 977 g/mol. The SMILES string of the molecule is FC1=C(F)C(F)C(F)C(c2c3nc(c(-c4c(F)c(F)c(F)c(F)c4F)c4ccc([nH]4)c(-c4c(F)c(F)c(F)c(F)c4F)c4nc(c(-c5c(F)c(F)c(F)c(F)c5F)c5ccc2[nH]5)C=C4)C=C3)=C1F. The predicted molar refractivity (Wildman–Crippen MR) is 202 cm³/mol. The van der Waals surface area contributed by atoms with Crippen LogP contribution in [0.4, 0.5) is 87.8 Å². The number of halogens is 20. The molecule has 3 aromatic heterocycles. The molecule has 0 amide bonds. The van der Waals surface area contributed by atoms with Gasteiger partial charge in [-0.2, -0.15) is 0 Å². The van der Waals surface area contributed by atoms with Crippen LogP contribution >= 0.6 is 0 Å². The maximum absolute atomic E-state index is 15.9. The number of aromatic amines is 2. The number of rotatable bonds is 4. The summed E-state index contributed by atoms with van der Waals surface area (Å²) in [5.74, 6) is -47.1. The Kier molecular flexibility index (Phi) is 10.7. The molecule has 348 valence electrons. The Labute approximate surface area is 362 Å². The van der Waals surface area contributed by atoms with E-state index in [0.717, 1.165) is 0 Å². The van der Waals surface area contributed by atoms with Gasteiger partial charge >= 0.3 is 0 Å². The smallest absolute Gasteiger partial charge is 0.200 e. The van der Waals surface area contributed by atoms with Crippen LogP contribution < -0.4 is 0 Å². The second kappa shape index (κ2) is 16.0. The first-order valence-electron chi connectivity index (χ1n) is 18.5. The molecule has 9 rings (SSSR count). The van der Waals surface area contributed by atoms with Crippen molar-refractivity contribution in [1.82, 2.24) is 19.9 Å². The van der Waals surface area contributed by atoms with Crippen LogP contribution in [-0.4, -0.2) is 32.3 Å². The van der Waals surface area contributed by atoms with Crippen molar-refractivity contribution in [3.63, 3.8) is 0 Å². The number of nitrogens with zero attached hydrogens (tertiary/aromatic N) is 2. The number of aromatic nitrogens is 4. The van der Waals surface area contributed by atoms with Crippen molar-refractivity contribution in [3.05, 3.63) is 157 Å². The normalized spacial score (nSPS) is 16.0. The van der Waals surface area contributed by atoms with E-state index >= 15 is 39.5 Å². The van der Waals surface area contributed by atoms with Gasteiger partial charge < -0.3 is 9.97 Å². The summed E-state index contributed by atoms with van der Waals surface area (Å²) in [4.78, 5) is 12.4. The number of hydrogen-bond donors (Lipinski definition) is 2. The second-order valence-electron chi connectivity index (χ2n) is 14.5. The van der Waals surface area contributed by atoms with E-state index in [1.807, 2.05) is 0 Å². The zero-order valence-electron chi connectivity index (χ0n) is 32.2. The van der Waals surface area contributed by atoms with Gasteiger partial charge in [-0.15, -0.1) is 0 Å². The molecular weight excluding hydrogens is 964 g/mol. The first kappa shape index (κ1) is 45.5. The number of alkyl halides is 2. The van der Waals surface area contributed by atoms with Gasteiger partial charge in [0.15, 0.2) is 99.6 Å². The quantitative estimate of drug-likeness (QED) is 0.105. The third-order valence-electron chi connectivity index (χ3n) is 10.8. The van der Waals surface area contributed by atoms with Crippen molar-refractivity contribution in [3.8, 4) is 33.4 Å². The molecule has 0 radical (unpaired) electrons. The number of H-pyrrole nitrogens is 2. The van der Waals surface area contributed by atoms with Crippen LogP contribution in [-0.2, 0) is 0 Å². The van der Waals surface area contributed by atoms with Crippen LogP contribution in [0.3, 0.4) is 0 Å². The van der Waals surface area contributed by atoms with Crippen molar-refractivity contribution >= 4 is 51.9 Å². The van der Waals surface area contributed by atoms with E-state index < -0.39 is 206 Å². The Morgan fingerprint density at radius 3 is 0.838 bits per heavy atom. The molecule has 4 nitrogen and oxygen atoms in total. The molecule has 0 saturated carbocycles. The maximum Gasteiger partial charge on any atom is 0.200 e. The summed E-state index contributed by atoms with van der Waals surface area (Å²) in [5, 5.41) is 0. The molecule has 0 spiro atoms. The van der Waals surface area contributed by atoms with E-state index in [2.05, 4.69) is 19.9 Å². The highest BCUT2D eigenvalue weighted by atomic mass is 19.2. The third-order valence-corrected chi connectivity index (χ3v) is 10.8. The van der Waals surface area contributed by atoms with Gasteiger partial charge in [0.05, 0.1) is 39.5 Å². The molecule has 5 heterocycles. The monoisotopic (exact) mass is 976 g/mol. The lowest BCUT2D eigenvalue weighted by molar-refractivity contribution is 0.201. The molecule has 3 aliphatic rings. The van der Waals surface area contributed by atoms with Gasteiger partial charge in [0.1, 0.15) is 0 Å². The lowest BCUT2D eigenvalue weighted by atomic mass is 9.91. The summed E-state index contributed by atoms with van der Waals surface area (Å²) >= 11 is 0. The standard InChI is InChI=1S/C44H12F20N4/c45-25-21(26(46)34(54)41(61)33(25)53)17-9-1-2-10(65-9)18(22-27(47)35(55)42(62)36(56)28(22)48)12-5-6-14(67-12)20(24-31(51)39(59)44(64)40(60)32(24)52)16-8-7-15(68-16)19(13-4-3-11(17)66-13)23-29(49)37(57)43(63)38(58)30(23)50/h1-8,25,33,65,68H. The number of nitrogens with one attached hydrogen (secondary N) is 2.